The van der Waals surface area contributed by atoms with Crippen molar-refractivity contribution in [3.63, 3.8) is 0 Å². The average molecular weight is 534 g/mol. The maximum Gasteiger partial charge on any atom is 0.252 e. The molecule has 4 N–H and O–H groups in total. The van der Waals surface area contributed by atoms with Gasteiger partial charge in [0.1, 0.15) is 12.3 Å². The Morgan fingerprint density at radius 3 is 2.61 bits per heavy atom. The Kier molecular flexibility index (Phi) is 7.35. The van der Waals surface area contributed by atoms with Gasteiger partial charge in [0.15, 0.2) is 6.61 Å². The number of halogens is 1. The molecule has 0 saturated heterocycles. The molecule has 196 valence electrons. The summed E-state index contributed by atoms with van der Waals surface area (Å²) in [7, 11) is 0. The molecule has 3 aromatic carbocycles. The van der Waals surface area contributed by atoms with Gasteiger partial charge in [0.05, 0.1) is 5.56 Å². The lowest BCUT2D eigenvalue weighted by Gasteiger charge is -2.11. The molecule has 1 aliphatic rings. The topological polar surface area (TPSA) is 124 Å². The minimum Gasteiger partial charge on any atom is -0.485 e. The number of primary amides is 1. The highest BCUT2D eigenvalue weighted by Gasteiger charge is 2.25. The first-order chi connectivity index (χ1) is 18.3. The molecule has 2 amide bonds. The van der Waals surface area contributed by atoms with Crippen molar-refractivity contribution in [2.24, 2.45) is 5.73 Å². The number of nitrogens with two attached hydrogens (primary N) is 1. The van der Waals surface area contributed by atoms with Crippen LogP contribution in [0, 0.1) is 0 Å². The predicted octanol–water partition coefficient (Wildman–Crippen LogP) is 4.18. The summed E-state index contributed by atoms with van der Waals surface area (Å²) in [4.78, 5) is 38.0. The third-order valence-corrected chi connectivity index (χ3v) is 6.99. The summed E-state index contributed by atoms with van der Waals surface area (Å²) in [5, 5.41) is 14.5. The third-order valence-electron chi connectivity index (χ3n) is 6.75. The number of fused-ring (bicyclic) bond motifs is 2. The molecule has 1 fully saturated rings. The van der Waals surface area contributed by atoms with Crippen molar-refractivity contribution in [1.82, 2.24) is 9.88 Å². The normalized spacial score (nSPS) is 13.1. The van der Waals surface area contributed by atoms with E-state index in [1.807, 2.05) is 18.2 Å². The molecule has 5 rings (SSSR count). The number of ether oxygens (including phenoxy) is 1. The summed E-state index contributed by atoms with van der Waals surface area (Å²) < 4.78 is 7.61. The Bertz CT molecular complexity index is 1560. The Labute approximate surface area is 224 Å². The van der Waals surface area contributed by atoms with Gasteiger partial charge in [-0.05, 0) is 71.8 Å². The Morgan fingerprint density at radius 2 is 1.87 bits per heavy atom. The Hall–Kier alpha value is -3.88. The van der Waals surface area contributed by atoms with Crippen LogP contribution in [0.3, 0.4) is 0 Å². The maximum absolute atomic E-state index is 13.4. The smallest absolute Gasteiger partial charge is 0.252 e. The fourth-order valence-corrected chi connectivity index (χ4v) is 4.81. The lowest BCUT2D eigenvalue weighted by molar-refractivity contribution is -0.121. The van der Waals surface area contributed by atoms with Gasteiger partial charge in [0, 0.05) is 40.8 Å². The van der Waals surface area contributed by atoms with Gasteiger partial charge in [-0.25, -0.2) is 0 Å². The fraction of sp³-hybridized carbons (Fsp3) is 0.276. The first-order valence-corrected chi connectivity index (χ1v) is 12.9. The second-order valence-electron chi connectivity index (χ2n) is 9.56. The van der Waals surface area contributed by atoms with E-state index in [4.69, 9.17) is 27.2 Å². The molecule has 0 aliphatic heterocycles. The number of carbonyl (C=O) groups excluding carboxylic acids is 3. The van der Waals surface area contributed by atoms with E-state index < -0.39 is 5.91 Å². The van der Waals surface area contributed by atoms with Crippen molar-refractivity contribution in [1.29, 1.82) is 0 Å². The highest BCUT2D eigenvalue weighted by Crippen LogP contribution is 2.41. The van der Waals surface area contributed by atoms with Crippen LogP contribution in [0.5, 0.6) is 5.75 Å². The van der Waals surface area contributed by atoms with E-state index in [1.54, 1.807) is 41.1 Å². The molecule has 4 aromatic rings. The molecule has 1 aliphatic carbocycles. The van der Waals surface area contributed by atoms with Crippen LogP contribution in [0.15, 0.2) is 54.7 Å². The number of nitrogens with one attached hydrogen (secondary N) is 1. The van der Waals surface area contributed by atoms with Gasteiger partial charge >= 0.3 is 0 Å². The number of hydrogen-bond donors (Lipinski definition) is 3. The molecular weight excluding hydrogens is 506 g/mol. The highest BCUT2D eigenvalue weighted by molar-refractivity contribution is 6.31. The molecule has 0 radical (unpaired) electrons. The number of ketones is 1. The van der Waals surface area contributed by atoms with Crippen molar-refractivity contribution in [2.75, 3.05) is 19.8 Å². The van der Waals surface area contributed by atoms with E-state index in [0.717, 1.165) is 34.5 Å². The van der Waals surface area contributed by atoms with Crippen molar-refractivity contribution in [3.8, 4) is 5.75 Å². The molecule has 1 saturated carbocycles. The van der Waals surface area contributed by atoms with Gasteiger partial charge in [0.25, 0.3) is 5.91 Å². The van der Waals surface area contributed by atoms with Gasteiger partial charge in [-0.3, -0.25) is 14.4 Å². The van der Waals surface area contributed by atoms with Crippen LogP contribution in [-0.4, -0.2) is 47.0 Å². The zero-order valence-corrected chi connectivity index (χ0v) is 21.5. The van der Waals surface area contributed by atoms with E-state index in [-0.39, 0.29) is 42.8 Å². The summed E-state index contributed by atoms with van der Waals surface area (Å²) in [6.07, 6.45) is 4.41. The monoisotopic (exact) mass is 533 g/mol. The standard InChI is InChI=1S/C29H28ClN3O5/c30-21-6-4-19-13-27(23(29(31)37)11-20(19)10-21)38-16-26(35)24-14-33(15-28(36)32-8-1-9-34)25-12-18(17-2-3-17)5-7-22(24)25/h4-7,10-14,17,34H,1-3,8-9,15-16H2,(H2,31,37)(H,32,36). The lowest BCUT2D eigenvalue weighted by Crippen LogP contribution is -2.28. The number of benzene rings is 3. The molecule has 8 nitrogen and oxygen atoms in total. The van der Waals surface area contributed by atoms with E-state index in [1.165, 1.54) is 5.56 Å². The molecule has 0 atom stereocenters. The summed E-state index contributed by atoms with van der Waals surface area (Å²) in [6.45, 7) is 0.106. The number of Topliss-reactive ketones (excluding diaryl/α,β-unsaturated/α-hetero) is 1. The predicted molar refractivity (Wildman–Crippen MR) is 146 cm³/mol. The van der Waals surface area contributed by atoms with Crippen LogP contribution in [0.25, 0.3) is 21.7 Å². The van der Waals surface area contributed by atoms with E-state index in [0.29, 0.717) is 29.5 Å². The molecule has 38 heavy (non-hydrogen) atoms. The minimum absolute atomic E-state index is 0.00144. The number of hydrogen-bond acceptors (Lipinski definition) is 5. The van der Waals surface area contributed by atoms with Crippen molar-refractivity contribution < 1.29 is 24.2 Å². The van der Waals surface area contributed by atoms with Crippen LogP contribution >= 0.6 is 11.6 Å². The number of aromatic nitrogens is 1. The van der Waals surface area contributed by atoms with Crippen LogP contribution in [0.2, 0.25) is 5.02 Å². The molecule has 1 heterocycles. The lowest BCUT2D eigenvalue weighted by atomic mass is 10.0. The van der Waals surface area contributed by atoms with E-state index in [2.05, 4.69) is 5.32 Å². The Morgan fingerprint density at radius 1 is 1.05 bits per heavy atom. The third kappa shape index (κ3) is 5.51. The molecule has 1 aromatic heterocycles. The van der Waals surface area contributed by atoms with Crippen LogP contribution < -0.4 is 15.8 Å². The van der Waals surface area contributed by atoms with Crippen molar-refractivity contribution >= 4 is 50.9 Å². The number of aliphatic hydroxyl groups is 1. The van der Waals surface area contributed by atoms with Gasteiger partial charge in [-0.2, -0.15) is 0 Å². The van der Waals surface area contributed by atoms with Crippen molar-refractivity contribution in [2.45, 2.75) is 31.7 Å². The largest absolute Gasteiger partial charge is 0.485 e. The average Bonchev–Trinajstić information content (AvgIpc) is 3.69. The van der Waals surface area contributed by atoms with Crippen LogP contribution in [-0.2, 0) is 11.3 Å². The fourth-order valence-electron chi connectivity index (χ4n) is 4.63. The molecular formula is C29H28ClN3O5. The summed E-state index contributed by atoms with van der Waals surface area (Å²) in [5.74, 6) is -0.446. The van der Waals surface area contributed by atoms with E-state index in [9.17, 15) is 14.4 Å². The second kappa shape index (κ2) is 10.8. The molecule has 0 bridgehead atoms. The summed E-state index contributed by atoms with van der Waals surface area (Å²) in [6, 6.07) is 14.5. The van der Waals surface area contributed by atoms with Crippen LogP contribution in [0.1, 0.15) is 51.5 Å². The zero-order chi connectivity index (χ0) is 26.8. The molecule has 0 unspecified atom stereocenters. The summed E-state index contributed by atoms with van der Waals surface area (Å²) in [5.41, 5.74) is 8.16. The Balaban J connectivity index is 1.42. The number of nitrogens with zero attached hydrogens (tertiary/aromatic N) is 1. The highest BCUT2D eigenvalue weighted by atomic mass is 35.5. The second-order valence-corrected chi connectivity index (χ2v) is 10.0. The zero-order valence-electron chi connectivity index (χ0n) is 20.7. The quantitative estimate of drug-likeness (QED) is 0.197. The van der Waals surface area contributed by atoms with Gasteiger partial charge in [0.2, 0.25) is 11.7 Å². The minimum atomic E-state index is -0.675. The first-order valence-electron chi connectivity index (χ1n) is 12.5. The number of carbonyl (C=O) groups is 3. The van der Waals surface area contributed by atoms with Gasteiger partial charge in [-0.1, -0.05) is 29.8 Å². The first kappa shape index (κ1) is 25.8. The molecule has 9 heteroatoms. The summed E-state index contributed by atoms with van der Waals surface area (Å²) >= 11 is 6.07. The van der Waals surface area contributed by atoms with Gasteiger partial charge in [-0.15, -0.1) is 0 Å². The van der Waals surface area contributed by atoms with E-state index >= 15 is 0 Å². The molecule has 0 spiro atoms. The van der Waals surface area contributed by atoms with Crippen LogP contribution in [0.4, 0.5) is 0 Å². The number of rotatable bonds is 11. The SMILES string of the molecule is NC(=O)c1cc2cc(Cl)ccc2cc1OCC(=O)c1cn(CC(=O)NCCCO)c2cc(C3CC3)ccc12. The number of amides is 2. The van der Waals surface area contributed by atoms with Gasteiger partial charge < -0.3 is 25.5 Å². The maximum atomic E-state index is 13.4. The van der Waals surface area contributed by atoms with Crippen molar-refractivity contribution in [3.05, 3.63) is 76.4 Å². The number of aliphatic hydroxyl groups excluding tert-OH is 1.